The fraction of sp³-hybridized carbons (Fsp3) is 0.375. The second kappa shape index (κ2) is 5.33. The normalized spacial score (nSPS) is 14.8. The summed E-state index contributed by atoms with van der Waals surface area (Å²) in [6.45, 7) is 1.66. The molecule has 1 aromatic carbocycles. The average molecular weight is 286 g/mol. The predicted molar refractivity (Wildman–Crippen MR) is 79.7 cm³/mol. The third kappa shape index (κ3) is 2.34. The van der Waals surface area contributed by atoms with E-state index in [-0.39, 0.29) is 5.97 Å². The van der Waals surface area contributed by atoms with Gasteiger partial charge in [0.2, 0.25) is 0 Å². The van der Waals surface area contributed by atoms with E-state index in [9.17, 15) is 4.79 Å². The number of hydrogen-bond acceptors (Lipinski definition) is 5. The summed E-state index contributed by atoms with van der Waals surface area (Å²) in [4.78, 5) is 19.2. The number of ether oxygens (including phenoxy) is 2. The first-order valence-electron chi connectivity index (χ1n) is 6.90. The molecule has 0 unspecified atom stereocenters. The van der Waals surface area contributed by atoms with Crippen molar-refractivity contribution in [2.75, 3.05) is 27.8 Å². The Balaban J connectivity index is 2.30. The number of rotatable bonds is 2. The summed E-state index contributed by atoms with van der Waals surface area (Å²) in [7, 11) is 5.08. The van der Waals surface area contributed by atoms with Crippen LogP contribution in [0.5, 0.6) is 5.75 Å². The molecular formula is C16H18N2O3. The van der Waals surface area contributed by atoms with Gasteiger partial charge >= 0.3 is 5.97 Å². The van der Waals surface area contributed by atoms with Crippen LogP contribution in [0.15, 0.2) is 18.2 Å². The Kier molecular flexibility index (Phi) is 3.51. The van der Waals surface area contributed by atoms with Gasteiger partial charge in [-0.15, -0.1) is 0 Å². The Morgan fingerprint density at radius 1 is 1.33 bits per heavy atom. The van der Waals surface area contributed by atoms with Gasteiger partial charge in [-0.2, -0.15) is 0 Å². The number of methoxy groups -OCH3 is 2. The number of pyridine rings is 1. The lowest BCUT2D eigenvalue weighted by Gasteiger charge is -2.26. The molecule has 2 aromatic rings. The molecule has 5 heteroatoms. The standard InChI is InChI=1S/C16H18N2O3/c1-18-7-6-13-12(9-18)15(16(19)21-3)11-5-4-10(20-2)8-14(11)17-13/h4-5,8H,6-7,9H2,1-3H3. The molecule has 0 N–H and O–H groups in total. The molecule has 0 saturated carbocycles. The summed E-state index contributed by atoms with van der Waals surface area (Å²) in [5, 5.41) is 0.816. The van der Waals surface area contributed by atoms with Crippen LogP contribution in [0.4, 0.5) is 0 Å². The zero-order valence-corrected chi connectivity index (χ0v) is 12.5. The van der Waals surface area contributed by atoms with Crippen LogP contribution in [0.2, 0.25) is 0 Å². The van der Waals surface area contributed by atoms with Crippen molar-refractivity contribution >= 4 is 16.9 Å². The first-order chi connectivity index (χ1) is 10.1. The molecule has 0 fully saturated rings. The highest BCUT2D eigenvalue weighted by atomic mass is 16.5. The SMILES string of the molecule is COC(=O)c1c2c(nc3cc(OC)ccc13)CCN(C)C2. The minimum absolute atomic E-state index is 0.306. The van der Waals surface area contributed by atoms with Crippen LogP contribution < -0.4 is 4.74 Å². The highest BCUT2D eigenvalue weighted by Gasteiger charge is 2.25. The van der Waals surface area contributed by atoms with E-state index in [4.69, 9.17) is 14.5 Å². The van der Waals surface area contributed by atoms with Gasteiger partial charge in [0.25, 0.3) is 0 Å². The molecule has 3 rings (SSSR count). The third-order valence-electron chi connectivity index (χ3n) is 3.93. The number of carbonyl (C=O) groups excluding carboxylic acids is 1. The quantitative estimate of drug-likeness (QED) is 0.791. The maximum absolute atomic E-state index is 12.3. The number of hydrogen-bond donors (Lipinski definition) is 0. The van der Waals surface area contributed by atoms with Gasteiger partial charge in [-0.05, 0) is 19.2 Å². The van der Waals surface area contributed by atoms with Gasteiger partial charge in [-0.1, -0.05) is 0 Å². The van der Waals surface area contributed by atoms with Crippen molar-refractivity contribution in [3.8, 4) is 5.75 Å². The number of aromatic nitrogens is 1. The Morgan fingerprint density at radius 3 is 2.86 bits per heavy atom. The lowest BCUT2D eigenvalue weighted by Crippen LogP contribution is -2.29. The summed E-state index contributed by atoms with van der Waals surface area (Å²) in [5.74, 6) is 0.429. The first-order valence-corrected chi connectivity index (χ1v) is 6.90. The van der Waals surface area contributed by atoms with E-state index in [2.05, 4.69) is 4.90 Å². The minimum atomic E-state index is -0.306. The van der Waals surface area contributed by atoms with Crippen molar-refractivity contribution in [2.45, 2.75) is 13.0 Å². The highest BCUT2D eigenvalue weighted by Crippen LogP contribution is 2.30. The number of nitrogens with zero attached hydrogens (tertiary/aromatic N) is 2. The molecule has 2 heterocycles. The second-order valence-corrected chi connectivity index (χ2v) is 5.27. The van der Waals surface area contributed by atoms with Crippen LogP contribution in [0.25, 0.3) is 10.9 Å². The van der Waals surface area contributed by atoms with Crippen molar-refractivity contribution in [3.63, 3.8) is 0 Å². The maximum atomic E-state index is 12.3. The fourth-order valence-electron chi connectivity index (χ4n) is 2.82. The van der Waals surface area contributed by atoms with E-state index in [0.29, 0.717) is 12.1 Å². The van der Waals surface area contributed by atoms with E-state index >= 15 is 0 Å². The summed E-state index contributed by atoms with van der Waals surface area (Å²) in [6, 6.07) is 5.58. The zero-order valence-electron chi connectivity index (χ0n) is 12.5. The van der Waals surface area contributed by atoms with Crippen molar-refractivity contribution < 1.29 is 14.3 Å². The topological polar surface area (TPSA) is 51.7 Å². The molecule has 21 heavy (non-hydrogen) atoms. The molecule has 0 aliphatic carbocycles. The number of likely N-dealkylation sites (N-methyl/N-ethyl adjacent to an activating group) is 1. The van der Waals surface area contributed by atoms with E-state index < -0.39 is 0 Å². The molecule has 5 nitrogen and oxygen atoms in total. The van der Waals surface area contributed by atoms with Gasteiger partial charge in [0.1, 0.15) is 5.75 Å². The van der Waals surface area contributed by atoms with Crippen LogP contribution in [-0.4, -0.2) is 43.7 Å². The van der Waals surface area contributed by atoms with Crippen LogP contribution in [0.1, 0.15) is 21.6 Å². The highest BCUT2D eigenvalue weighted by molar-refractivity contribution is 6.05. The van der Waals surface area contributed by atoms with Crippen molar-refractivity contribution in [1.82, 2.24) is 9.88 Å². The van der Waals surface area contributed by atoms with Crippen LogP contribution >= 0.6 is 0 Å². The van der Waals surface area contributed by atoms with Crippen LogP contribution in [0.3, 0.4) is 0 Å². The van der Waals surface area contributed by atoms with E-state index in [1.54, 1.807) is 7.11 Å². The average Bonchev–Trinajstić information content (AvgIpc) is 2.51. The van der Waals surface area contributed by atoms with Gasteiger partial charge in [0.15, 0.2) is 0 Å². The monoisotopic (exact) mass is 286 g/mol. The molecule has 1 aliphatic rings. The summed E-state index contributed by atoms with van der Waals surface area (Å²) in [6.07, 6.45) is 0.836. The summed E-state index contributed by atoms with van der Waals surface area (Å²) < 4.78 is 10.2. The van der Waals surface area contributed by atoms with Gasteiger partial charge in [-0.3, -0.25) is 4.98 Å². The lowest BCUT2D eigenvalue weighted by atomic mass is 9.96. The molecule has 1 aromatic heterocycles. The number of fused-ring (bicyclic) bond motifs is 2. The Labute approximate surface area is 123 Å². The lowest BCUT2D eigenvalue weighted by molar-refractivity contribution is 0.0600. The molecule has 0 spiro atoms. The van der Waals surface area contributed by atoms with Gasteiger partial charge < -0.3 is 14.4 Å². The molecule has 1 aliphatic heterocycles. The predicted octanol–water partition coefficient (Wildman–Crippen LogP) is 2.02. The van der Waals surface area contributed by atoms with Crippen LogP contribution in [-0.2, 0) is 17.7 Å². The van der Waals surface area contributed by atoms with Gasteiger partial charge in [-0.25, -0.2) is 4.79 Å². The fourth-order valence-corrected chi connectivity index (χ4v) is 2.82. The second-order valence-electron chi connectivity index (χ2n) is 5.27. The smallest absolute Gasteiger partial charge is 0.338 e. The van der Waals surface area contributed by atoms with Crippen molar-refractivity contribution in [2.24, 2.45) is 0 Å². The third-order valence-corrected chi connectivity index (χ3v) is 3.93. The van der Waals surface area contributed by atoms with Gasteiger partial charge in [0.05, 0.1) is 25.3 Å². The number of carbonyl (C=O) groups is 1. The molecule has 110 valence electrons. The number of benzene rings is 1. The number of esters is 1. The maximum Gasteiger partial charge on any atom is 0.338 e. The van der Waals surface area contributed by atoms with E-state index in [1.165, 1.54) is 7.11 Å². The first kappa shape index (κ1) is 13.8. The van der Waals surface area contributed by atoms with E-state index in [0.717, 1.165) is 40.9 Å². The molecule has 0 bridgehead atoms. The Bertz CT molecular complexity index is 712. The molecule has 0 radical (unpaired) electrons. The summed E-state index contributed by atoms with van der Waals surface area (Å²) in [5.41, 5.74) is 3.37. The van der Waals surface area contributed by atoms with Crippen LogP contribution in [0, 0.1) is 0 Å². The largest absolute Gasteiger partial charge is 0.497 e. The molecular weight excluding hydrogens is 268 g/mol. The minimum Gasteiger partial charge on any atom is -0.497 e. The Morgan fingerprint density at radius 2 is 2.14 bits per heavy atom. The zero-order chi connectivity index (χ0) is 15.0. The molecule has 0 saturated heterocycles. The molecule has 0 atom stereocenters. The Hall–Kier alpha value is -2.14. The van der Waals surface area contributed by atoms with Crippen molar-refractivity contribution in [3.05, 3.63) is 35.0 Å². The molecule has 0 amide bonds. The van der Waals surface area contributed by atoms with Gasteiger partial charge in [0, 0.05) is 42.2 Å². The van der Waals surface area contributed by atoms with Crippen molar-refractivity contribution in [1.29, 1.82) is 0 Å². The van der Waals surface area contributed by atoms with E-state index in [1.807, 2.05) is 25.2 Å². The summed E-state index contributed by atoms with van der Waals surface area (Å²) >= 11 is 0.